The molecule has 6 heteroatoms. The summed E-state index contributed by atoms with van der Waals surface area (Å²) in [6, 6.07) is 11.5. The Morgan fingerprint density at radius 2 is 2.15 bits per heavy atom. The van der Waals surface area contributed by atoms with Crippen LogP contribution in [0.5, 0.6) is 0 Å². The molecule has 3 rings (SSSR count). The first kappa shape index (κ1) is 18.2. The maximum absolute atomic E-state index is 11.6. The number of ether oxygens (including phenoxy) is 1. The minimum Gasteiger partial charge on any atom is -0.465 e. The lowest BCUT2D eigenvalue weighted by Crippen LogP contribution is -2.42. The lowest BCUT2D eigenvalue weighted by molar-refractivity contribution is 0.0452. The molecular weight excluding hydrogens is 330 g/mol. The van der Waals surface area contributed by atoms with Crippen molar-refractivity contribution in [3.05, 3.63) is 41.7 Å². The number of likely N-dealkylation sites (tertiary alicyclic amines) is 1. The van der Waals surface area contributed by atoms with Gasteiger partial charge in [0.25, 0.3) is 0 Å². The van der Waals surface area contributed by atoms with E-state index in [4.69, 9.17) is 4.74 Å². The number of hydrogen-bond acceptors (Lipinski definition) is 4. The lowest BCUT2D eigenvalue weighted by atomic mass is 9.85. The molecule has 26 heavy (non-hydrogen) atoms. The van der Waals surface area contributed by atoms with Gasteiger partial charge in [0.15, 0.2) is 0 Å². The van der Waals surface area contributed by atoms with Crippen molar-refractivity contribution in [2.45, 2.75) is 45.9 Å². The van der Waals surface area contributed by atoms with E-state index in [2.05, 4.69) is 11.1 Å². The van der Waals surface area contributed by atoms with Gasteiger partial charge in [0.2, 0.25) is 0 Å². The maximum Gasteiger partial charge on any atom is 0.407 e. The highest BCUT2D eigenvalue weighted by Crippen LogP contribution is 2.34. The molecule has 1 amide bonds. The van der Waals surface area contributed by atoms with Crippen LogP contribution in [-0.4, -0.2) is 39.8 Å². The van der Waals surface area contributed by atoms with E-state index in [0.717, 1.165) is 10.8 Å². The summed E-state index contributed by atoms with van der Waals surface area (Å²) in [6.07, 6.45) is -0.432. The molecule has 1 aliphatic rings. The second kappa shape index (κ2) is 6.93. The third kappa shape index (κ3) is 3.63. The van der Waals surface area contributed by atoms with E-state index in [-0.39, 0.29) is 24.2 Å². The van der Waals surface area contributed by atoms with Gasteiger partial charge in [-0.2, -0.15) is 5.26 Å². The van der Waals surface area contributed by atoms with Crippen LogP contribution in [0.15, 0.2) is 30.3 Å². The van der Waals surface area contributed by atoms with Crippen LogP contribution in [0, 0.1) is 16.7 Å². The number of amides is 1. The maximum atomic E-state index is 11.6. The van der Waals surface area contributed by atoms with Crippen LogP contribution in [0.2, 0.25) is 0 Å². The molecule has 0 saturated carbocycles. The summed E-state index contributed by atoms with van der Waals surface area (Å²) >= 11 is 0. The molecule has 2 heterocycles. The molecule has 136 valence electrons. The van der Waals surface area contributed by atoms with Crippen LogP contribution in [0.1, 0.15) is 38.6 Å². The predicted octanol–water partition coefficient (Wildman–Crippen LogP) is 3.79. The average molecular weight is 353 g/mol. The highest BCUT2D eigenvalue weighted by Gasteiger charge is 2.42. The smallest absolute Gasteiger partial charge is 0.407 e. The number of nitrogens with zero attached hydrogens (tertiary/aromatic N) is 3. The van der Waals surface area contributed by atoms with Crippen molar-refractivity contribution in [2.75, 3.05) is 6.54 Å². The summed E-state index contributed by atoms with van der Waals surface area (Å²) in [7, 11) is 0. The molecule has 0 aliphatic carbocycles. The quantitative estimate of drug-likeness (QED) is 0.907. The summed E-state index contributed by atoms with van der Waals surface area (Å²) in [5.74, 6) is 0. The number of rotatable bonds is 3. The standard InChI is InChI=1S/C20H23N3O3/c1-20(2,3)18-9-15(11-23(18)19(24)25)26-12-17-16-7-5-4-6-13(16)8-14(10-21)22-17/h4-8,15,18H,9,11-12H2,1-3H3,(H,24,25). The van der Waals surface area contributed by atoms with Gasteiger partial charge in [-0.3, -0.25) is 0 Å². The van der Waals surface area contributed by atoms with Crippen molar-refractivity contribution < 1.29 is 14.6 Å². The molecule has 1 aromatic heterocycles. The van der Waals surface area contributed by atoms with Gasteiger partial charge in [0.05, 0.1) is 24.9 Å². The molecule has 6 nitrogen and oxygen atoms in total. The van der Waals surface area contributed by atoms with Gasteiger partial charge in [-0.25, -0.2) is 9.78 Å². The Bertz CT molecular complexity index is 867. The summed E-state index contributed by atoms with van der Waals surface area (Å²) in [5.41, 5.74) is 0.913. The Morgan fingerprint density at radius 3 is 2.77 bits per heavy atom. The Balaban J connectivity index is 1.79. The second-order valence-electron chi connectivity index (χ2n) is 7.77. The minimum atomic E-state index is -0.911. The van der Waals surface area contributed by atoms with Crippen molar-refractivity contribution in [3.8, 4) is 6.07 Å². The van der Waals surface area contributed by atoms with Gasteiger partial charge in [0, 0.05) is 11.4 Å². The van der Waals surface area contributed by atoms with E-state index in [1.54, 1.807) is 6.07 Å². The first-order valence-electron chi connectivity index (χ1n) is 8.69. The molecule has 2 unspecified atom stereocenters. The van der Waals surface area contributed by atoms with Gasteiger partial charge >= 0.3 is 6.09 Å². The zero-order chi connectivity index (χ0) is 18.9. The average Bonchev–Trinajstić information content (AvgIpc) is 3.04. The third-order valence-corrected chi connectivity index (χ3v) is 4.90. The molecule has 0 spiro atoms. The molecule has 1 fully saturated rings. The van der Waals surface area contributed by atoms with Crippen LogP contribution in [0.4, 0.5) is 4.79 Å². The summed E-state index contributed by atoms with van der Waals surface area (Å²) < 4.78 is 6.03. The van der Waals surface area contributed by atoms with E-state index in [9.17, 15) is 15.2 Å². The van der Waals surface area contributed by atoms with Crippen molar-refractivity contribution in [1.82, 2.24) is 9.88 Å². The van der Waals surface area contributed by atoms with Crippen molar-refractivity contribution >= 4 is 16.9 Å². The minimum absolute atomic E-state index is 0.0832. The first-order valence-corrected chi connectivity index (χ1v) is 8.69. The largest absolute Gasteiger partial charge is 0.465 e. The number of fused-ring (bicyclic) bond motifs is 1. The molecule has 1 saturated heterocycles. The molecule has 2 aromatic rings. The van der Waals surface area contributed by atoms with Crippen LogP contribution < -0.4 is 0 Å². The van der Waals surface area contributed by atoms with Crippen LogP contribution in [-0.2, 0) is 11.3 Å². The third-order valence-electron chi connectivity index (χ3n) is 4.90. The van der Waals surface area contributed by atoms with Gasteiger partial charge in [-0.1, -0.05) is 45.0 Å². The molecule has 1 aliphatic heterocycles. The first-order chi connectivity index (χ1) is 12.3. The number of hydrogen-bond donors (Lipinski definition) is 1. The lowest BCUT2D eigenvalue weighted by Gasteiger charge is -2.32. The highest BCUT2D eigenvalue weighted by molar-refractivity contribution is 5.85. The van der Waals surface area contributed by atoms with Crippen molar-refractivity contribution in [3.63, 3.8) is 0 Å². The van der Waals surface area contributed by atoms with Crippen molar-refractivity contribution in [2.24, 2.45) is 5.41 Å². The van der Waals surface area contributed by atoms with Crippen LogP contribution in [0.25, 0.3) is 10.8 Å². The number of carboxylic acid groups (broad SMARTS) is 1. The Hall–Kier alpha value is -2.65. The zero-order valence-electron chi connectivity index (χ0n) is 15.3. The fourth-order valence-electron chi connectivity index (χ4n) is 3.59. The number of aromatic nitrogens is 1. The van der Waals surface area contributed by atoms with Crippen LogP contribution in [0.3, 0.4) is 0 Å². The second-order valence-corrected chi connectivity index (χ2v) is 7.77. The number of carbonyl (C=O) groups is 1. The molecule has 0 radical (unpaired) electrons. The fraction of sp³-hybridized carbons (Fsp3) is 0.450. The molecular formula is C20H23N3O3. The Kier molecular flexibility index (Phi) is 4.84. The number of benzene rings is 1. The normalized spacial score (nSPS) is 20.3. The summed E-state index contributed by atoms with van der Waals surface area (Å²) in [6.45, 7) is 6.74. The number of pyridine rings is 1. The number of nitriles is 1. The Labute approximate surface area is 153 Å². The van der Waals surface area contributed by atoms with E-state index >= 15 is 0 Å². The van der Waals surface area contributed by atoms with Gasteiger partial charge in [0.1, 0.15) is 11.8 Å². The van der Waals surface area contributed by atoms with E-state index < -0.39 is 6.09 Å². The molecule has 1 N–H and O–H groups in total. The van der Waals surface area contributed by atoms with E-state index in [1.165, 1.54) is 4.90 Å². The van der Waals surface area contributed by atoms with Gasteiger partial charge in [-0.15, -0.1) is 0 Å². The topological polar surface area (TPSA) is 86.5 Å². The monoisotopic (exact) mass is 353 g/mol. The molecule has 0 bridgehead atoms. The molecule has 2 atom stereocenters. The zero-order valence-corrected chi connectivity index (χ0v) is 15.3. The highest BCUT2D eigenvalue weighted by atomic mass is 16.5. The van der Waals surface area contributed by atoms with Gasteiger partial charge in [-0.05, 0) is 23.3 Å². The van der Waals surface area contributed by atoms with Crippen molar-refractivity contribution in [1.29, 1.82) is 5.26 Å². The SMILES string of the molecule is CC(C)(C)C1CC(OCc2nc(C#N)cc3ccccc23)CN1C(=O)O. The molecule has 1 aromatic carbocycles. The van der Waals surface area contributed by atoms with E-state index in [1.807, 2.05) is 45.0 Å². The summed E-state index contributed by atoms with van der Waals surface area (Å²) in [4.78, 5) is 17.4. The van der Waals surface area contributed by atoms with E-state index in [0.29, 0.717) is 24.4 Å². The van der Waals surface area contributed by atoms with Gasteiger partial charge < -0.3 is 14.7 Å². The summed E-state index contributed by atoms with van der Waals surface area (Å²) in [5, 5.41) is 20.6. The fourth-order valence-corrected chi connectivity index (χ4v) is 3.59. The Morgan fingerprint density at radius 1 is 1.42 bits per heavy atom. The van der Waals surface area contributed by atoms with Crippen LogP contribution >= 0.6 is 0 Å². The predicted molar refractivity (Wildman–Crippen MR) is 97.6 cm³/mol.